The number of halogens is 1. The van der Waals surface area contributed by atoms with Gasteiger partial charge in [0.25, 0.3) is 15.0 Å². The predicted molar refractivity (Wildman–Crippen MR) is 65.7 cm³/mol. The number of carbonyl (C=O) groups excluding carboxylic acids is 1. The van der Waals surface area contributed by atoms with E-state index in [4.69, 9.17) is 10.7 Å². The molecular formula is C10H15ClN2O3S. The van der Waals surface area contributed by atoms with Crippen LogP contribution in [0.5, 0.6) is 0 Å². The summed E-state index contributed by atoms with van der Waals surface area (Å²) in [5, 5.41) is 2.71. The maximum absolute atomic E-state index is 11.7. The van der Waals surface area contributed by atoms with Crippen LogP contribution in [0.1, 0.15) is 30.3 Å². The molecule has 0 aliphatic carbocycles. The molecule has 0 fully saturated rings. The molecule has 1 aromatic rings. The van der Waals surface area contributed by atoms with Crippen LogP contribution in [0, 0.1) is 0 Å². The number of carbonyl (C=O) groups is 1. The lowest BCUT2D eigenvalue weighted by atomic mass is 10.3. The van der Waals surface area contributed by atoms with Crippen LogP contribution in [0.25, 0.3) is 0 Å². The number of amides is 1. The first kappa shape index (κ1) is 14.1. The molecule has 96 valence electrons. The highest BCUT2D eigenvalue weighted by molar-refractivity contribution is 8.13. The molecule has 17 heavy (non-hydrogen) atoms. The number of aromatic nitrogens is 1. The minimum Gasteiger partial charge on any atom is -0.351 e. The van der Waals surface area contributed by atoms with Crippen molar-refractivity contribution >= 4 is 25.6 Å². The number of hydrogen-bond acceptors (Lipinski definition) is 3. The molecule has 0 atom stereocenters. The van der Waals surface area contributed by atoms with Gasteiger partial charge in [0.2, 0.25) is 0 Å². The molecule has 1 heterocycles. The second-order valence-electron chi connectivity index (χ2n) is 3.72. The van der Waals surface area contributed by atoms with E-state index in [1.807, 2.05) is 6.92 Å². The van der Waals surface area contributed by atoms with E-state index in [1.165, 1.54) is 16.8 Å². The summed E-state index contributed by atoms with van der Waals surface area (Å²) in [7, 11) is 3.01. The molecule has 0 aliphatic rings. The molecule has 1 N–H and O–H groups in total. The summed E-state index contributed by atoms with van der Waals surface area (Å²) in [6, 6.07) is 1.27. The van der Waals surface area contributed by atoms with Gasteiger partial charge in [-0.3, -0.25) is 4.79 Å². The van der Waals surface area contributed by atoms with Crippen LogP contribution in [0.2, 0.25) is 0 Å². The highest BCUT2D eigenvalue weighted by Gasteiger charge is 2.17. The molecular weight excluding hydrogens is 264 g/mol. The van der Waals surface area contributed by atoms with Gasteiger partial charge in [-0.2, -0.15) is 0 Å². The first-order valence-corrected chi connectivity index (χ1v) is 7.56. The van der Waals surface area contributed by atoms with Crippen LogP contribution in [0.4, 0.5) is 0 Å². The van der Waals surface area contributed by atoms with Crippen molar-refractivity contribution in [2.75, 3.05) is 6.54 Å². The molecule has 0 saturated carbocycles. The Kier molecular flexibility index (Phi) is 4.59. The molecule has 0 aliphatic heterocycles. The van der Waals surface area contributed by atoms with Crippen LogP contribution >= 0.6 is 10.7 Å². The van der Waals surface area contributed by atoms with Crippen molar-refractivity contribution in [1.29, 1.82) is 0 Å². The lowest BCUT2D eigenvalue weighted by Crippen LogP contribution is -2.26. The number of nitrogens with one attached hydrogen (secondary N) is 1. The fourth-order valence-corrected chi connectivity index (χ4v) is 2.15. The van der Waals surface area contributed by atoms with Crippen molar-refractivity contribution in [2.45, 2.75) is 24.7 Å². The average Bonchev–Trinajstić information content (AvgIpc) is 2.60. The standard InChI is InChI=1S/C10H15ClN2O3S/c1-3-4-5-12-10(14)9-6-8(7-13(9)2)17(11,15)16/h6-7H,3-5H2,1-2H3,(H,12,14). The Bertz CT molecular complexity index is 508. The first-order valence-electron chi connectivity index (χ1n) is 5.25. The molecule has 1 aromatic heterocycles. The number of nitrogens with zero attached hydrogens (tertiary/aromatic N) is 1. The summed E-state index contributed by atoms with van der Waals surface area (Å²) in [5.74, 6) is -0.299. The molecule has 1 amide bonds. The van der Waals surface area contributed by atoms with Crippen LogP contribution in [-0.4, -0.2) is 25.4 Å². The maximum Gasteiger partial charge on any atom is 0.267 e. The molecule has 7 heteroatoms. The van der Waals surface area contributed by atoms with E-state index in [-0.39, 0.29) is 16.5 Å². The van der Waals surface area contributed by atoms with Crippen LogP contribution < -0.4 is 5.32 Å². The second-order valence-corrected chi connectivity index (χ2v) is 6.29. The number of aryl methyl sites for hydroxylation is 1. The van der Waals surface area contributed by atoms with E-state index in [9.17, 15) is 13.2 Å². The van der Waals surface area contributed by atoms with Gasteiger partial charge in [0.1, 0.15) is 10.6 Å². The number of hydrogen-bond donors (Lipinski definition) is 1. The smallest absolute Gasteiger partial charge is 0.267 e. The van der Waals surface area contributed by atoms with Crippen LogP contribution in [-0.2, 0) is 16.1 Å². The van der Waals surface area contributed by atoms with E-state index in [0.29, 0.717) is 6.54 Å². The van der Waals surface area contributed by atoms with Crippen molar-refractivity contribution in [3.05, 3.63) is 18.0 Å². The van der Waals surface area contributed by atoms with Gasteiger partial charge in [-0.05, 0) is 12.5 Å². The zero-order valence-corrected chi connectivity index (χ0v) is 11.3. The monoisotopic (exact) mass is 278 g/mol. The normalized spacial score (nSPS) is 11.5. The molecule has 5 nitrogen and oxygen atoms in total. The van der Waals surface area contributed by atoms with Crippen molar-refractivity contribution in [3.8, 4) is 0 Å². The fourth-order valence-electron chi connectivity index (χ4n) is 1.36. The van der Waals surface area contributed by atoms with E-state index in [2.05, 4.69) is 5.32 Å². The maximum atomic E-state index is 11.7. The molecule has 0 radical (unpaired) electrons. The quantitative estimate of drug-likeness (QED) is 0.655. The third kappa shape index (κ3) is 3.74. The summed E-state index contributed by atoms with van der Waals surface area (Å²) >= 11 is 0. The van der Waals surface area contributed by atoms with Gasteiger partial charge in [-0.15, -0.1) is 0 Å². The lowest BCUT2D eigenvalue weighted by molar-refractivity contribution is 0.0945. The molecule has 0 bridgehead atoms. The van der Waals surface area contributed by atoms with Crippen molar-refractivity contribution < 1.29 is 13.2 Å². The Morgan fingerprint density at radius 1 is 1.53 bits per heavy atom. The highest BCUT2D eigenvalue weighted by atomic mass is 35.7. The van der Waals surface area contributed by atoms with Gasteiger partial charge < -0.3 is 9.88 Å². The zero-order valence-electron chi connectivity index (χ0n) is 9.73. The average molecular weight is 279 g/mol. The summed E-state index contributed by atoms with van der Waals surface area (Å²) < 4.78 is 23.6. The third-order valence-electron chi connectivity index (χ3n) is 2.31. The zero-order chi connectivity index (χ0) is 13.1. The summed E-state index contributed by atoms with van der Waals surface area (Å²) in [4.78, 5) is 11.6. The SMILES string of the molecule is CCCCNC(=O)c1cc(S(=O)(=O)Cl)cn1C. The highest BCUT2D eigenvalue weighted by Crippen LogP contribution is 2.17. The van der Waals surface area contributed by atoms with Gasteiger partial charge in [0.05, 0.1) is 0 Å². The Hall–Kier alpha value is -1.01. The van der Waals surface area contributed by atoms with Gasteiger partial charge in [-0.1, -0.05) is 13.3 Å². The first-order chi connectivity index (χ1) is 7.86. The van der Waals surface area contributed by atoms with Crippen molar-refractivity contribution in [1.82, 2.24) is 9.88 Å². The number of rotatable bonds is 5. The van der Waals surface area contributed by atoms with Crippen molar-refractivity contribution in [3.63, 3.8) is 0 Å². The summed E-state index contributed by atoms with van der Waals surface area (Å²) in [5.41, 5.74) is 0.278. The molecule has 0 aromatic carbocycles. The van der Waals surface area contributed by atoms with Crippen LogP contribution in [0.15, 0.2) is 17.2 Å². The minimum absolute atomic E-state index is 0.0673. The molecule has 0 spiro atoms. The van der Waals surface area contributed by atoms with Gasteiger partial charge in [0.15, 0.2) is 0 Å². The molecule has 0 saturated heterocycles. The van der Waals surface area contributed by atoms with Gasteiger partial charge >= 0.3 is 0 Å². The summed E-state index contributed by atoms with van der Waals surface area (Å²) in [6.45, 7) is 2.59. The van der Waals surface area contributed by atoms with E-state index in [1.54, 1.807) is 7.05 Å². The Morgan fingerprint density at radius 2 is 2.18 bits per heavy atom. The summed E-state index contributed by atoms with van der Waals surface area (Å²) in [6.07, 6.45) is 3.18. The topological polar surface area (TPSA) is 68.2 Å². The largest absolute Gasteiger partial charge is 0.351 e. The Morgan fingerprint density at radius 3 is 2.65 bits per heavy atom. The number of unbranched alkanes of at least 4 members (excludes halogenated alkanes) is 1. The second kappa shape index (κ2) is 5.55. The third-order valence-corrected chi connectivity index (χ3v) is 3.63. The fraction of sp³-hybridized carbons (Fsp3) is 0.500. The minimum atomic E-state index is -3.79. The van der Waals surface area contributed by atoms with E-state index in [0.717, 1.165) is 12.8 Å². The molecule has 0 unspecified atom stereocenters. The Balaban J connectivity index is 2.85. The molecule has 1 rings (SSSR count). The van der Waals surface area contributed by atoms with E-state index < -0.39 is 9.05 Å². The van der Waals surface area contributed by atoms with Crippen molar-refractivity contribution in [2.24, 2.45) is 7.05 Å². The van der Waals surface area contributed by atoms with Crippen LogP contribution in [0.3, 0.4) is 0 Å². The van der Waals surface area contributed by atoms with Gasteiger partial charge in [0, 0.05) is 30.5 Å². The predicted octanol–water partition coefficient (Wildman–Crippen LogP) is 1.48. The Labute approximate surface area is 105 Å². The van der Waals surface area contributed by atoms with Gasteiger partial charge in [-0.25, -0.2) is 8.42 Å². The lowest BCUT2D eigenvalue weighted by Gasteiger charge is -2.04. The van der Waals surface area contributed by atoms with E-state index >= 15 is 0 Å².